The number of carbonyl (C=O) groups is 1. The molecule has 1 rings (SSSR count). The number of carbonyl (C=O) groups excluding carboxylic acids is 1. The average Bonchev–Trinajstić information content (AvgIpc) is 2.69. The van der Waals surface area contributed by atoms with E-state index in [4.69, 9.17) is 0 Å². The van der Waals surface area contributed by atoms with Gasteiger partial charge in [0.2, 0.25) is 0 Å². The largest absolute Gasteiger partial charge is 0.339 e. The first-order valence-electron chi connectivity index (χ1n) is 6.13. The van der Waals surface area contributed by atoms with E-state index < -0.39 is 0 Å². The third-order valence-corrected chi connectivity index (χ3v) is 4.75. The zero-order chi connectivity index (χ0) is 12.1. The summed E-state index contributed by atoms with van der Waals surface area (Å²) < 4.78 is 0. The summed E-state index contributed by atoms with van der Waals surface area (Å²) in [6, 6.07) is 0. The van der Waals surface area contributed by atoms with Crippen molar-refractivity contribution in [3.63, 3.8) is 0 Å². The number of hydrogen-bond acceptors (Lipinski definition) is 2. The van der Waals surface area contributed by atoms with Crippen molar-refractivity contribution < 1.29 is 48.9 Å². The minimum absolute atomic E-state index is 0. The van der Waals surface area contributed by atoms with Crippen molar-refractivity contribution in [1.82, 2.24) is 0 Å². The van der Waals surface area contributed by atoms with Gasteiger partial charge in [-0.25, -0.2) is 0 Å². The number of Topliss-reactive ketones (excluding diaryl/α,β-unsaturated/α-hetero) is 1. The molecule has 3 heteroatoms. The molecule has 0 aliphatic heterocycles. The molecule has 0 spiro atoms. The minimum Gasteiger partial charge on any atom is -0.339 e. The fourth-order valence-electron chi connectivity index (χ4n) is 2.64. The Balaban J connectivity index is 0.00000256. The summed E-state index contributed by atoms with van der Waals surface area (Å²) in [5.74, 6) is 4.36. The molecule has 1 aliphatic rings. The van der Waals surface area contributed by atoms with Crippen molar-refractivity contribution in [2.24, 2.45) is 23.7 Å². The summed E-state index contributed by atoms with van der Waals surface area (Å²) in [4.78, 5) is 11.4. The SMILES string of the molecule is C=CC1CC(C(C)=O)CC1C([CH2-])CSCC.[Ac]. The van der Waals surface area contributed by atoms with Crippen LogP contribution in [0.4, 0.5) is 0 Å². The summed E-state index contributed by atoms with van der Waals surface area (Å²) in [6.45, 7) is 12.1. The van der Waals surface area contributed by atoms with Gasteiger partial charge in [0.05, 0.1) is 0 Å². The molecule has 0 amide bonds. The van der Waals surface area contributed by atoms with Crippen LogP contribution in [0.3, 0.4) is 0 Å². The van der Waals surface area contributed by atoms with Gasteiger partial charge in [0, 0.05) is 50.0 Å². The summed E-state index contributed by atoms with van der Waals surface area (Å²) in [6.07, 6.45) is 4.04. The topological polar surface area (TPSA) is 17.1 Å². The molecule has 0 N–H and O–H groups in total. The third-order valence-electron chi connectivity index (χ3n) is 3.68. The van der Waals surface area contributed by atoms with Crippen LogP contribution in [0.5, 0.6) is 0 Å². The molecule has 1 nitrogen and oxygen atoms in total. The summed E-state index contributed by atoms with van der Waals surface area (Å²) in [7, 11) is 0. The Bertz CT molecular complexity index is 255. The molecule has 1 fully saturated rings. The van der Waals surface area contributed by atoms with Crippen LogP contribution in [-0.2, 0) is 4.79 Å². The van der Waals surface area contributed by atoms with Gasteiger partial charge >= 0.3 is 0 Å². The molecule has 0 aromatic heterocycles. The number of thioether (sulfide) groups is 1. The second kappa shape index (κ2) is 9.16. The Morgan fingerprint density at radius 2 is 2.24 bits per heavy atom. The second-order valence-electron chi connectivity index (χ2n) is 4.76. The van der Waals surface area contributed by atoms with Gasteiger partial charge in [0.25, 0.3) is 0 Å². The number of ketones is 1. The van der Waals surface area contributed by atoms with Crippen molar-refractivity contribution in [3.05, 3.63) is 19.6 Å². The third kappa shape index (κ3) is 5.37. The van der Waals surface area contributed by atoms with Crippen molar-refractivity contribution in [1.29, 1.82) is 0 Å². The number of rotatable bonds is 6. The predicted molar refractivity (Wildman–Crippen MR) is 72.4 cm³/mol. The van der Waals surface area contributed by atoms with Crippen LogP contribution >= 0.6 is 11.8 Å². The van der Waals surface area contributed by atoms with Gasteiger partial charge in [-0.3, -0.25) is 4.79 Å². The monoisotopic (exact) mass is 466 g/mol. The molecular weight excluding hydrogens is 443 g/mol. The summed E-state index contributed by atoms with van der Waals surface area (Å²) >= 11 is 1.94. The zero-order valence-corrected chi connectivity index (χ0v) is 16.6. The predicted octanol–water partition coefficient (Wildman–Crippen LogP) is 3.61. The Morgan fingerprint density at radius 3 is 2.71 bits per heavy atom. The number of allylic oxidation sites excluding steroid dienone is 1. The first-order valence-corrected chi connectivity index (χ1v) is 7.29. The maximum absolute atomic E-state index is 11.4. The summed E-state index contributed by atoms with van der Waals surface area (Å²) in [5.41, 5.74) is 0. The fraction of sp³-hybridized carbons (Fsp3) is 0.714. The molecular formula is C14H23AcOS-. The van der Waals surface area contributed by atoms with Crippen molar-refractivity contribution >= 4 is 17.5 Å². The molecule has 1 saturated carbocycles. The zero-order valence-electron chi connectivity index (χ0n) is 11.0. The van der Waals surface area contributed by atoms with E-state index in [9.17, 15) is 4.79 Å². The van der Waals surface area contributed by atoms with Crippen molar-refractivity contribution in [2.45, 2.75) is 26.7 Å². The standard InChI is InChI=1S/C14H23OS.Ac/c1-5-12-7-13(11(4)15)8-14(12)10(3)9-16-6-2;/h5,10,12-14H,1,3,6-9H2,2,4H3;/q-1;. The Hall–Kier alpha value is 1.20. The second-order valence-corrected chi connectivity index (χ2v) is 6.08. The molecule has 4 atom stereocenters. The van der Waals surface area contributed by atoms with E-state index in [1.54, 1.807) is 6.92 Å². The first-order chi connectivity index (χ1) is 7.60. The minimum atomic E-state index is 0. The van der Waals surface area contributed by atoms with Gasteiger partial charge in [-0.1, -0.05) is 18.9 Å². The van der Waals surface area contributed by atoms with E-state index in [1.807, 2.05) is 17.8 Å². The van der Waals surface area contributed by atoms with Gasteiger partial charge in [-0.05, 0) is 37.2 Å². The molecule has 0 saturated heterocycles. The van der Waals surface area contributed by atoms with Crippen molar-refractivity contribution in [2.75, 3.05) is 11.5 Å². The van der Waals surface area contributed by atoms with E-state index >= 15 is 0 Å². The molecule has 1 radical (unpaired) electrons. The average molecular weight is 466 g/mol. The van der Waals surface area contributed by atoms with Crippen LogP contribution in [0.1, 0.15) is 26.7 Å². The fourth-order valence-corrected chi connectivity index (χ4v) is 3.43. The van der Waals surface area contributed by atoms with E-state index in [0.717, 1.165) is 24.3 Å². The number of hydrogen-bond donors (Lipinski definition) is 0. The van der Waals surface area contributed by atoms with E-state index in [2.05, 4.69) is 20.4 Å². The summed E-state index contributed by atoms with van der Waals surface area (Å²) in [5, 5.41) is 0. The van der Waals surface area contributed by atoms with Gasteiger partial charge in [-0.15, -0.1) is 6.58 Å². The van der Waals surface area contributed by atoms with Crippen LogP contribution < -0.4 is 0 Å². The van der Waals surface area contributed by atoms with Gasteiger partial charge in [-0.2, -0.15) is 17.7 Å². The van der Waals surface area contributed by atoms with Gasteiger partial charge in [0.1, 0.15) is 5.78 Å². The van der Waals surface area contributed by atoms with Gasteiger partial charge in [0.15, 0.2) is 0 Å². The molecule has 0 aromatic carbocycles. The molecule has 0 aromatic rings. The van der Waals surface area contributed by atoms with Crippen LogP contribution in [0.25, 0.3) is 0 Å². The van der Waals surface area contributed by atoms with Crippen LogP contribution in [-0.4, -0.2) is 17.3 Å². The molecule has 4 unspecified atom stereocenters. The smallest absolute Gasteiger partial charge is 0.132 e. The van der Waals surface area contributed by atoms with Gasteiger partial charge < -0.3 is 6.92 Å². The van der Waals surface area contributed by atoms with E-state index in [1.165, 1.54) is 0 Å². The quantitative estimate of drug-likeness (QED) is 0.440. The molecule has 1 aliphatic carbocycles. The Morgan fingerprint density at radius 1 is 1.59 bits per heavy atom. The van der Waals surface area contributed by atoms with E-state index in [0.29, 0.717) is 23.5 Å². The molecule has 0 bridgehead atoms. The van der Waals surface area contributed by atoms with Crippen molar-refractivity contribution in [3.8, 4) is 0 Å². The van der Waals surface area contributed by atoms with Crippen LogP contribution in [0, 0.1) is 74.7 Å². The Kier molecular flexibility index (Phi) is 9.81. The maximum atomic E-state index is 11.4. The normalized spacial score (nSPS) is 29.5. The molecule has 95 valence electrons. The molecule has 17 heavy (non-hydrogen) atoms. The maximum Gasteiger partial charge on any atom is 0.132 e. The van der Waals surface area contributed by atoms with Crippen LogP contribution in [0.15, 0.2) is 12.7 Å². The molecule has 0 heterocycles. The van der Waals surface area contributed by atoms with E-state index in [-0.39, 0.29) is 50.0 Å². The van der Waals surface area contributed by atoms with Crippen LogP contribution in [0.2, 0.25) is 0 Å². The Labute approximate surface area is 146 Å². The first kappa shape index (κ1) is 18.2.